The Morgan fingerprint density at radius 2 is 2.10 bits per heavy atom. The topological polar surface area (TPSA) is 101 Å². The molecule has 31 heavy (non-hydrogen) atoms. The number of ether oxygens (including phenoxy) is 1. The van der Waals surface area contributed by atoms with E-state index in [1.54, 1.807) is 18.5 Å². The van der Waals surface area contributed by atoms with Gasteiger partial charge in [-0.2, -0.15) is 0 Å². The summed E-state index contributed by atoms with van der Waals surface area (Å²) in [6.07, 6.45) is 7.48. The molecule has 162 valence electrons. The Morgan fingerprint density at radius 1 is 1.23 bits per heavy atom. The van der Waals surface area contributed by atoms with Crippen LogP contribution in [-0.4, -0.2) is 81.3 Å². The summed E-state index contributed by atoms with van der Waals surface area (Å²) in [5.41, 5.74) is 1.29. The van der Waals surface area contributed by atoms with E-state index in [4.69, 9.17) is 4.74 Å². The van der Waals surface area contributed by atoms with Crippen molar-refractivity contribution in [2.24, 2.45) is 0 Å². The van der Waals surface area contributed by atoms with Crippen molar-refractivity contribution in [3.05, 3.63) is 48.2 Å². The van der Waals surface area contributed by atoms with Crippen LogP contribution in [0.4, 0.5) is 5.95 Å². The second kappa shape index (κ2) is 8.56. The quantitative estimate of drug-likeness (QED) is 0.648. The molecule has 10 nitrogen and oxygen atoms in total. The molecule has 5 rings (SSSR count). The third-order valence-electron chi connectivity index (χ3n) is 5.99. The fourth-order valence-corrected chi connectivity index (χ4v) is 4.17. The van der Waals surface area contributed by atoms with Crippen LogP contribution in [0.5, 0.6) is 0 Å². The number of nitrogens with one attached hydrogen (secondary N) is 1. The molecule has 0 spiro atoms. The number of hydrogen-bond donors (Lipinski definition) is 1. The SMILES string of the molecule is CN1CCN(c2ncccn2)CC1c1nnc2ccc(C(=O)NCC3CCCO3)cn12. The highest BCUT2D eigenvalue weighted by Gasteiger charge is 2.30. The van der Waals surface area contributed by atoms with Gasteiger partial charge in [0, 0.05) is 51.4 Å². The predicted octanol–water partition coefficient (Wildman–Crippen LogP) is 0.921. The molecule has 2 aliphatic heterocycles. The molecular formula is C21H26N8O2. The average Bonchev–Trinajstić information content (AvgIpc) is 3.48. The van der Waals surface area contributed by atoms with Gasteiger partial charge in [0.25, 0.3) is 5.91 Å². The number of carbonyl (C=O) groups excluding carboxylic acids is 1. The Labute approximate surface area is 180 Å². The smallest absolute Gasteiger partial charge is 0.252 e. The number of rotatable bonds is 5. The van der Waals surface area contributed by atoms with Crippen molar-refractivity contribution in [1.82, 2.24) is 34.8 Å². The van der Waals surface area contributed by atoms with Crippen molar-refractivity contribution < 1.29 is 9.53 Å². The Bertz CT molecular complexity index is 1050. The highest BCUT2D eigenvalue weighted by molar-refractivity contribution is 5.94. The summed E-state index contributed by atoms with van der Waals surface area (Å²) in [6.45, 7) is 3.68. The lowest BCUT2D eigenvalue weighted by atomic mass is 10.1. The van der Waals surface area contributed by atoms with Crippen LogP contribution in [0.1, 0.15) is 35.1 Å². The fourth-order valence-electron chi connectivity index (χ4n) is 4.17. The van der Waals surface area contributed by atoms with Crippen LogP contribution in [0.25, 0.3) is 5.65 Å². The second-order valence-electron chi connectivity index (χ2n) is 8.04. The van der Waals surface area contributed by atoms with Gasteiger partial charge in [0.15, 0.2) is 11.5 Å². The lowest BCUT2D eigenvalue weighted by Gasteiger charge is -2.38. The standard InChI is InChI=1S/C21H26N8O2/c1-27-9-10-28(21-22-7-3-8-23-21)14-17(27)19-26-25-18-6-5-15(13-29(18)19)20(30)24-12-16-4-2-11-31-16/h3,5-8,13,16-17H,2,4,9-12,14H2,1H3,(H,24,30). The van der Waals surface area contributed by atoms with Gasteiger partial charge in [-0.25, -0.2) is 9.97 Å². The molecule has 2 aliphatic rings. The van der Waals surface area contributed by atoms with Crippen molar-refractivity contribution in [2.75, 3.05) is 44.7 Å². The van der Waals surface area contributed by atoms with Gasteiger partial charge in [-0.3, -0.25) is 14.1 Å². The lowest BCUT2D eigenvalue weighted by molar-refractivity contribution is 0.0857. The van der Waals surface area contributed by atoms with Gasteiger partial charge < -0.3 is 15.0 Å². The molecule has 1 amide bonds. The molecule has 5 heterocycles. The summed E-state index contributed by atoms with van der Waals surface area (Å²) in [7, 11) is 2.08. The molecule has 10 heteroatoms. The minimum absolute atomic E-state index is 0.00208. The molecule has 0 aliphatic carbocycles. The van der Waals surface area contributed by atoms with E-state index in [-0.39, 0.29) is 18.1 Å². The van der Waals surface area contributed by atoms with Crippen molar-refractivity contribution >= 4 is 17.5 Å². The average molecular weight is 422 g/mol. The normalized spacial score (nSPS) is 22.2. The minimum Gasteiger partial charge on any atom is -0.376 e. The van der Waals surface area contributed by atoms with Gasteiger partial charge in [0.05, 0.1) is 17.7 Å². The number of anilines is 1. The summed E-state index contributed by atoms with van der Waals surface area (Å²) < 4.78 is 7.51. The number of pyridine rings is 1. The molecule has 2 unspecified atom stereocenters. The third kappa shape index (κ3) is 4.08. The van der Waals surface area contributed by atoms with E-state index in [1.165, 1.54) is 0 Å². The molecule has 2 atom stereocenters. The van der Waals surface area contributed by atoms with E-state index in [2.05, 4.69) is 42.3 Å². The van der Waals surface area contributed by atoms with Gasteiger partial charge in [-0.15, -0.1) is 10.2 Å². The summed E-state index contributed by atoms with van der Waals surface area (Å²) in [4.78, 5) is 25.9. The first-order valence-corrected chi connectivity index (χ1v) is 10.7. The summed E-state index contributed by atoms with van der Waals surface area (Å²) in [5, 5.41) is 11.8. The first-order chi connectivity index (χ1) is 15.2. The number of fused-ring (bicyclic) bond motifs is 1. The first kappa shape index (κ1) is 19.8. The zero-order chi connectivity index (χ0) is 21.2. The maximum Gasteiger partial charge on any atom is 0.252 e. The molecule has 2 saturated heterocycles. The van der Waals surface area contributed by atoms with E-state index < -0.39 is 0 Å². The Kier molecular flexibility index (Phi) is 5.47. The summed E-state index contributed by atoms with van der Waals surface area (Å²) in [5.74, 6) is 1.39. The summed E-state index contributed by atoms with van der Waals surface area (Å²) >= 11 is 0. The van der Waals surface area contributed by atoms with Crippen LogP contribution in [0.15, 0.2) is 36.8 Å². The number of nitrogens with zero attached hydrogens (tertiary/aromatic N) is 7. The van der Waals surface area contributed by atoms with E-state index in [0.717, 1.165) is 38.4 Å². The Hall–Kier alpha value is -3.11. The number of hydrogen-bond acceptors (Lipinski definition) is 8. The zero-order valence-electron chi connectivity index (χ0n) is 17.5. The molecule has 0 saturated carbocycles. The van der Waals surface area contributed by atoms with Crippen LogP contribution in [-0.2, 0) is 4.74 Å². The monoisotopic (exact) mass is 422 g/mol. The molecule has 1 N–H and O–H groups in total. The maximum atomic E-state index is 12.7. The fraction of sp³-hybridized carbons (Fsp3) is 0.476. The van der Waals surface area contributed by atoms with Gasteiger partial charge >= 0.3 is 0 Å². The van der Waals surface area contributed by atoms with Gasteiger partial charge in [0.1, 0.15) is 0 Å². The van der Waals surface area contributed by atoms with Crippen LogP contribution in [0.2, 0.25) is 0 Å². The van der Waals surface area contributed by atoms with E-state index in [1.807, 2.05) is 22.7 Å². The zero-order valence-corrected chi connectivity index (χ0v) is 17.5. The molecule has 0 bridgehead atoms. The first-order valence-electron chi connectivity index (χ1n) is 10.7. The summed E-state index contributed by atoms with van der Waals surface area (Å²) in [6, 6.07) is 5.43. The number of amides is 1. The second-order valence-corrected chi connectivity index (χ2v) is 8.04. The number of aromatic nitrogens is 5. The van der Waals surface area contributed by atoms with E-state index in [0.29, 0.717) is 30.2 Å². The number of piperazine rings is 1. The van der Waals surface area contributed by atoms with E-state index >= 15 is 0 Å². The van der Waals surface area contributed by atoms with Crippen molar-refractivity contribution in [3.63, 3.8) is 0 Å². The van der Waals surface area contributed by atoms with Crippen molar-refractivity contribution in [1.29, 1.82) is 0 Å². The van der Waals surface area contributed by atoms with Gasteiger partial charge in [-0.1, -0.05) is 0 Å². The molecule has 3 aromatic heterocycles. The van der Waals surface area contributed by atoms with Crippen LogP contribution in [0, 0.1) is 0 Å². The molecule has 0 aromatic carbocycles. The highest BCUT2D eigenvalue weighted by Crippen LogP contribution is 2.25. The third-order valence-corrected chi connectivity index (χ3v) is 5.99. The molecular weight excluding hydrogens is 396 g/mol. The highest BCUT2D eigenvalue weighted by atomic mass is 16.5. The van der Waals surface area contributed by atoms with Gasteiger partial charge in [0.2, 0.25) is 5.95 Å². The number of likely N-dealkylation sites (N-methyl/N-ethyl adjacent to an activating group) is 1. The molecule has 2 fully saturated rings. The molecule has 0 radical (unpaired) electrons. The Morgan fingerprint density at radius 3 is 2.90 bits per heavy atom. The van der Waals surface area contributed by atoms with Crippen LogP contribution < -0.4 is 10.2 Å². The van der Waals surface area contributed by atoms with E-state index in [9.17, 15) is 4.79 Å². The van der Waals surface area contributed by atoms with Crippen molar-refractivity contribution in [3.8, 4) is 0 Å². The van der Waals surface area contributed by atoms with Crippen molar-refractivity contribution in [2.45, 2.75) is 25.0 Å². The van der Waals surface area contributed by atoms with Gasteiger partial charge in [-0.05, 0) is 38.1 Å². The van der Waals surface area contributed by atoms with Crippen LogP contribution in [0.3, 0.4) is 0 Å². The predicted molar refractivity (Wildman–Crippen MR) is 114 cm³/mol. The maximum absolute atomic E-state index is 12.7. The number of carbonyl (C=O) groups is 1. The largest absolute Gasteiger partial charge is 0.376 e. The minimum atomic E-state index is -0.117. The molecule has 3 aromatic rings. The lowest BCUT2D eigenvalue weighted by Crippen LogP contribution is -2.48. The Balaban J connectivity index is 1.37. The van der Waals surface area contributed by atoms with Crippen LogP contribution >= 0.6 is 0 Å².